The second kappa shape index (κ2) is 5.40. The summed E-state index contributed by atoms with van der Waals surface area (Å²) in [4.78, 5) is 4.64. The van der Waals surface area contributed by atoms with Crippen LogP contribution in [0.3, 0.4) is 0 Å². The summed E-state index contributed by atoms with van der Waals surface area (Å²) in [6.45, 7) is 0.636. The Labute approximate surface area is 118 Å². The van der Waals surface area contributed by atoms with Crippen molar-refractivity contribution in [2.24, 2.45) is 5.73 Å². The molecule has 5 heteroatoms. The summed E-state index contributed by atoms with van der Waals surface area (Å²) in [5.74, 6) is 0. The molecule has 1 unspecified atom stereocenters. The summed E-state index contributed by atoms with van der Waals surface area (Å²) in [6, 6.07) is 10.4. The number of benzene rings is 1. The van der Waals surface area contributed by atoms with E-state index in [1.165, 1.54) is 10.3 Å². The molecule has 0 saturated heterocycles. The van der Waals surface area contributed by atoms with Gasteiger partial charge in [-0.3, -0.25) is 0 Å². The van der Waals surface area contributed by atoms with Crippen LogP contribution in [-0.2, 0) is 0 Å². The first kappa shape index (κ1) is 12.2. The normalized spacial score (nSPS) is 12.9. The molecule has 2 heterocycles. The number of nitrogens with two attached hydrogens (primary N) is 1. The Hall–Kier alpha value is -0.880. The summed E-state index contributed by atoms with van der Waals surface area (Å²) in [6.07, 6.45) is 0. The third-order valence-electron chi connectivity index (χ3n) is 2.65. The molecule has 3 aromatic rings. The lowest BCUT2D eigenvalue weighted by atomic mass is 10.2. The molecule has 0 amide bonds. The van der Waals surface area contributed by atoms with Crippen LogP contribution in [0.25, 0.3) is 10.2 Å². The Kier molecular flexibility index (Phi) is 3.65. The van der Waals surface area contributed by atoms with Crippen molar-refractivity contribution in [1.82, 2.24) is 4.98 Å². The summed E-state index contributed by atoms with van der Waals surface area (Å²) in [7, 11) is 0. The quantitative estimate of drug-likeness (QED) is 0.734. The first-order chi connectivity index (χ1) is 8.86. The fraction of sp³-hybridized carbons (Fsp3) is 0.154. The van der Waals surface area contributed by atoms with Crippen LogP contribution in [0.1, 0.15) is 10.8 Å². The smallest absolute Gasteiger partial charge is 0.151 e. The molecule has 2 N–H and O–H groups in total. The molecule has 3 rings (SSSR count). The van der Waals surface area contributed by atoms with E-state index in [0.29, 0.717) is 11.8 Å². The summed E-state index contributed by atoms with van der Waals surface area (Å²) < 4.78 is 2.33. The number of nitrogens with zero attached hydrogens (tertiary/aromatic N) is 1. The standard InChI is InChI=1S/C13H12N2S3/c14-7-12(9-5-6-16-8-9)18-13-15-10-3-1-2-4-11(10)17-13/h1-6,8,12H,7,14H2. The van der Waals surface area contributed by atoms with Crippen LogP contribution in [0.4, 0.5) is 0 Å². The average molecular weight is 292 g/mol. The first-order valence-electron chi connectivity index (χ1n) is 5.61. The van der Waals surface area contributed by atoms with E-state index in [9.17, 15) is 0 Å². The van der Waals surface area contributed by atoms with Crippen molar-refractivity contribution in [3.05, 3.63) is 46.7 Å². The Morgan fingerprint density at radius 3 is 2.89 bits per heavy atom. The van der Waals surface area contributed by atoms with Crippen molar-refractivity contribution < 1.29 is 0 Å². The van der Waals surface area contributed by atoms with E-state index in [1.807, 2.05) is 12.1 Å². The maximum atomic E-state index is 5.87. The van der Waals surface area contributed by atoms with Gasteiger partial charge in [-0.1, -0.05) is 23.9 Å². The number of aromatic nitrogens is 1. The molecular weight excluding hydrogens is 280 g/mol. The van der Waals surface area contributed by atoms with E-state index in [4.69, 9.17) is 5.73 Å². The molecule has 0 saturated carbocycles. The van der Waals surface area contributed by atoms with Crippen LogP contribution in [-0.4, -0.2) is 11.5 Å². The molecule has 1 atom stereocenters. The highest BCUT2D eigenvalue weighted by molar-refractivity contribution is 8.01. The Balaban J connectivity index is 1.86. The summed E-state index contributed by atoms with van der Waals surface area (Å²) in [5, 5.41) is 4.56. The van der Waals surface area contributed by atoms with E-state index >= 15 is 0 Å². The van der Waals surface area contributed by atoms with Gasteiger partial charge in [0.05, 0.1) is 10.2 Å². The third kappa shape index (κ3) is 2.44. The number of thioether (sulfide) groups is 1. The lowest BCUT2D eigenvalue weighted by molar-refractivity contribution is 0.945. The topological polar surface area (TPSA) is 38.9 Å². The second-order valence-electron chi connectivity index (χ2n) is 3.85. The molecule has 0 radical (unpaired) electrons. The van der Waals surface area contributed by atoms with E-state index in [0.717, 1.165) is 9.86 Å². The van der Waals surface area contributed by atoms with Crippen LogP contribution in [0.2, 0.25) is 0 Å². The average Bonchev–Trinajstić information content (AvgIpc) is 3.04. The predicted molar refractivity (Wildman–Crippen MR) is 81.6 cm³/mol. The molecule has 2 nitrogen and oxygen atoms in total. The highest BCUT2D eigenvalue weighted by atomic mass is 32.2. The zero-order chi connectivity index (χ0) is 12.4. The highest BCUT2D eigenvalue weighted by Gasteiger charge is 2.14. The van der Waals surface area contributed by atoms with Crippen LogP contribution in [0.15, 0.2) is 45.4 Å². The SMILES string of the molecule is NCC(Sc1nc2ccccc2s1)c1ccsc1. The zero-order valence-electron chi connectivity index (χ0n) is 9.58. The summed E-state index contributed by atoms with van der Waals surface area (Å²) >= 11 is 5.21. The highest BCUT2D eigenvalue weighted by Crippen LogP contribution is 2.39. The van der Waals surface area contributed by atoms with Crippen LogP contribution < -0.4 is 5.73 Å². The minimum Gasteiger partial charge on any atom is -0.329 e. The maximum absolute atomic E-state index is 5.87. The fourth-order valence-corrected chi connectivity index (χ4v) is 4.81. The molecule has 0 bridgehead atoms. The van der Waals surface area contributed by atoms with Crippen molar-refractivity contribution in [3.8, 4) is 0 Å². The van der Waals surface area contributed by atoms with Crippen molar-refractivity contribution in [2.75, 3.05) is 6.54 Å². The van der Waals surface area contributed by atoms with Gasteiger partial charge >= 0.3 is 0 Å². The van der Waals surface area contributed by atoms with Gasteiger partial charge in [0.25, 0.3) is 0 Å². The van der Waals surface area contributed by atoms with E-state index in [-0.39, 0.29) is 0 Å². The van der Waals surface area contributed by atoms with Gasteiger partial charge in [0.15, 0.2) is 4.34 Å². The fourth-order valence-electron chi connectivity index (χ4n) is 1.73. The second-order valence-corrected chi connectivity index (χ2v) is 7.11. The number of thiazole rings is 1. The molecule has 0 aliphatic carbocycles. The van der Waals surface area contributed by atoms with Crippen LogP contribution >= 0.6 is 34.4 Å². The van der Waals surface area contributed by atoms with E-state index < -0.39 is 0 Å². The van der Waals surface area contributed by atoms with Crippen molar-refractivity contribution in [1.29, 1.82) is 0 Å². The monoisotopic (exact) mass is 292 g/mol. The minimum atomic E-state index is 0.303. The van der Waals surface area contributed by atoms with Crippen molar-refractivity contribution in [3.63, 3.8) is 0 Å². The number of rotatable bonds is 4. The van der Waals surface area contributed by atoms with Gasteiger partial charge in [-0.15, -0.1) is 11.3 Å². The Bertz CT molecular complexity index is 598. The number of hydrogen-bond acceptors (Lipinski definition) is 5. The van der Waals surface area contributed by atoms with E-state index in [2.05, 4.69) is 33.9 Å². The Morgan fingerprint density at radius 2 is 2.17 bits per heavy atom. The van der Waals surface area contributed by atoms with Gasteiger partial charge in [0, 0.05) is 11.8 Å². The van der Waals surface area contributed by atoms with Gasteiger partial charge in [-0.05, 0) is 34.5 Å². The van der Waals surface area contributed by atoms with Gasteiger partial charge in [-0.2, -0.15) is 11.3 Å². The number of fused-ring (bicyclic) bond motifs is 1. The first-order valence-corrected chi connectivity index (χ1v) is 8.25. The number of para-hydroxylation sites is 1. The maximum Gasteiger partial charge on any atom is 0.151 e. The lowest BCUT2D eigenvalue weighted by Crippen LogP contribution is -2.08. The zero-order valence-corrected chi connectivity index (χ0v) is 12.0. The number of hydrogen-bond donors (Lipinski definition) is 1. The van der Waals surface area contributed by atoms with Crippen LogP contribution in [0.5, 0.6) is 0 Å². The van der Waals surface area contributed by atoms with Crippen LogP contribution in [0, 0.1) is 0 Å². The molecule has 92 valence electrons. The molecular formula is C13H12N2S3. The third-order valence-corrected chi connectivity index (χ3v) is 5.76. The van der Waals surface area contributed by atoms with Gasteiger partial charge < -0.3 is 5.73 Å². The summed E-state index contributed by atoms with van der Waals surface area (Å²) in [5.41, 5.74) is 8.24. The predicted octanol–water partition coefficient (Wildman–Crippen LogP) is 4.15. The molecule has 0 aliphatic heterocycles. The largest absolute Gasteiger partial charge is 0.329 e. The lowest BCUT2D eigenvalue weighted by Gasteiger charge is -2.10. The van der Waals surface area contributed by atoms with Gasteiger partial charge in [0.2, 0.25) is 0 Å². The molecule has 0 aliphatic rings. The molecule has 2 aromatic heterocycles. The van der Waals surface area contributed by atoms with Crippen molar-refractivity contribution in [2.45, 2.75) is 9.59 Å². The molecule has 0 fully saturated rings. The molecule has 18 heavy (non-hydrogen) atoms. The Morgan fingerprint density at radius 1 is 1.28 bits per heavy atom. The molecule has 0 spiro atoms. The van der Waals surface area contributed by atoms with Crippen molar-refractivity contribution >= 4 is 44.7 Å². The molecule has 1 aromatic carbocycles. The minimum absolute atomic E-state index is 0.303. The van der Waals surface area contributed by atoms with Gasteiger partial charge in [0.1, 0.15) is 0 Å². The van der Waals surface area contributed by atoms with E-state index in [1.54, 1.807) is 34.4 Å². The number of thiophene rings is 1. The van der Waals surface area contributed by atoms with Gasteiger partial charge in [-0.25, -0.2) is 4.98 Å².